The minimum absolute atomic E-state index is 0. The summed E-state index contributed by atoms with van der Waals surface area (Å²) >= 11 is 0. The van der Waals surface area contributed by atoms with Crippen LogP contribution in [0.25, 0.3) is 0 Å². The molecule has 0 bridgehead atoms. The van der Waals surface area contributed by atoms with Crippen LogP contribution in [0.1, 0.15) is 11.1 Å². The first-order valence-electron chi connectivity index (χ1n) is 6.08. The van der Waals surface area contributed by atoms with E-state index in [1.807, 2.05) is 0 Å². The number of halogens is 1. The first-order chi connectivity index (χ1) is 9.21. The zero-order valence-electron chi connectivity index (χ0n) is 12.4. The third-order valence-electron chi connectivity index (χ3n) is 3.18. The van der Waals surface area contributed by atoms with Gasteiger partial charge in [0.2, 0.25) is 10.0 Å². The van der Waals surface area contributed by atoms with Crippen molar-refractivity contribution in [3.63, 3.8) is 0 Å². The summed E-state index contributed by atoms with van der Waals surface area (Å²) in [6, 6.07) is 2.50. The third-order valence-corrected chi connectivity index (χ3v) is 5.16. The highest BCUT2D eigenvalue weighted by molar-refractivity contribution is 7.89. The Kier molecular flexibility index (Phi) is 7.25. The predicted octanol–water partition coefficient (Wildman–Crippen LogP) is 1.47. The van der Waals surface area contributed by atoms with Crippen molar-refractivity contribution in [1.82, 2.24) is 9.62 Å². The second-order valence-electron chi connectivity index (χ2n) is 4.57. The number of rotatable bonds is 6. The molecular weight excluding hydrogens is 318 g/mol. The van der Waals surface area contributed by atoms with Gasteiger partial charge in [-0.15, -0.1) is 12.4 Å². The van der Waals surface area contributed by atoms with Crippen LogP contribution in [-0.4, -0.2) is 44.8 Å². The molecule has 0 aliphatic heterocycles. The van der Waals surface area contributed by atoms with Crippen molar-refractivity contribution >= 4 is 28.1 Å². The van der Waals surface area contributed by atoms with E-state index >= 15 is 0 Å². The molecule has 1 aromatic rings. The average molecular weight is 338 g/mol. The number of benzene rings is 1. The predicted molar refractivity (Wildman–Crippen MR) is 83.6 cm³/mol. The van der Waals surface area contributed by atoms with E-state index in [0.717, 1.165) is 6.07 Å². The van der Waals surface area contributed by atoms with E-state index in [9.17, 15) is 18.5 Å². The summed E-state index contributed by atoms with van der Waals surface area (Å²) in [4.78, 5) is 10.3. The Morgan fingerprint density at radius 2 is 1.90 bits per heavy atom. The summed E-state index contributed by atoms with van der Waals surface area (Å²) in [7, 11) is -0.548. The monoisotopic (exact) mass is 337 g/mol. The molecule has 1 rings (SSSR count). The van der Waals surface area contributed by atoms with Crippen LogP contribution in [-0.2, 0) is 10.0 Å². The maximum absolute atomic E-state index is 12.5. The molecule has 21 heavy (non-hydrogen) atoms. The van der Waals surface area contributed by atoms with Crippen molar-refractivity contribution in [2.75, 3.05) is 27.2 Å². The summed E-state index contributed by atoms with van der Waals surface area (Å²) < 4.78 is 26.1. The number of sulfonamides is 1. The van der Waals surface area contributed by atoms with Gasteiger partial charge in [-0.3, -0.25) is 10.1 Å². The fourth-order valence-electron chi connectivity index (χ4n) is 1.74. The zero-order valence-corrected chi connectivity index (χ0v) is 14.0. The van der Waals surface area contributed by atoms with Gasteiger partial charge >= 0.3 is 0 Å². The number of likely N-dealkylation sites (N-methyl/N-ethyl adjacent to an activating group) is 2. The minimum Gasteiger partial charge on any atom is -0.318 e. The number of aryl methyl sites for hydroxylation is 1. The highest BCUT2D eigenvalue weighted by atomic mass is 35.5. The maximum atomic E-state index is 12.5. The lowest BCUT2D eigenvalue weighted by molar-refractivity contribution is -0.385. The molecule has 0 amide bonds. The standard InChI is InChI=1S/C12H19N3O4S.ClH/c1-9-7-11(15(16)17)8-12(10(9)2)20(18,19)14(4)6-5-13-3;/h7-8,13H,5-6H2,1-4H3;1H. The van der Waals surface area contributed by atoms with Gasteiger partial charge in [0.05, 0.1) is 9.82 Å². The Labute approximate surface area is 130 Å². The molecule has 0 saturated carbocycles. The summed E-state index contributed by atoms with van der Waals surface area (Å²) in [6.45, 7) is 4.11. The molecule has 9 heteroatoms. The molecule has 0 unspecified atom stereocenters. The normalized spacial score (nSPS) is 11.3. The van der Waals surface area contributed by atoms with E-state index in [1.165, 1.54) is 17.4 Å². The fourth-order valence-corrected chi connectivity index (χ4v) is 3.22. The summed E-state index contributed by atoms with van der Waals surface area (Å²) in [6.07, 6.45) is 0. The van der Waals surface area contributed by atoms with E-state index in [-0.39, 0.29) is 23.0 Å². The maximum Gasteiger partial charge on any atom is 0.271 e. The molecule has 0 spiro atoms. The molecule has 120 valence electrons. The number of hydrogen-bond acceptors (Lipinski definition) is 5. The third kappa shape index (κ3) is 4.37. The Bertz CT molecular complexity index is 619. The number of nitro benzene ring substituents is 1. The van der Waals surface area contributed by atoms with Crippen molar-refractivity contribution < 1.29 is 13.3 Å². The lowest BCUT2D eigenvalue weighted by Crippen LogP contribution is -2.33. The topological polar surface area (TPSA) is 92.6 Å². The Balaban J connectivity index is 0.00000400. The molecule has 0 radical (unpaired) electrons. The van der Waals surface area contributed by atoms with Gasteiger partial charge in [0.25, 0.3) is 5.69 Å². The first kappa shape index (κ1) is 19.8. The Morgan fingerprint density at radius 1 is 1.33 bits per heavy atom. The van der Waals surface area contributed by atoms with E-state index < -0.39 is 14.9 Å². The summed E-state index contributed by atoms with van der Waals surface area (Å²) in [5.74, 6) is 0. The minimum atomic E-state index is -3.73. The van der Waals surface area contributed by atoms with Crippen LogP contribution in [0.3, 0.4) is 0 Å². The number of non-ortho nitro benzene ring substituents is 1. The van der Waals surface area contributed by atoms with Gasteiger partial charge in [0.15, 0.2) is 0 Å². The second kappa shape index (κ2) is 7.69. The molecule has 0 saturated heterocycles. The lowest BCUT2D eigenvalue weighted by Gasteiger charge is -2.19. The number of hydrogen-bond donors (Lipinski definition) is 1. The molecule has 0 aliphatic carbocycles. The van der Waals surface area contributed by atoms with Crippen LogP contribution < -0.4 is 5.32 Å². The molecule has 0 aliphatic rings. The molecule has 0 atom stereocenters. The van der Waals surface area contributed by atoms with E-state index in [2.05, 4.69) is 5.32 Å². The number of nitrogens with zero attached hydrogens (tertiary/aromatic N) is 2. The van der Waals surface area contributed by atoms with Crippen LogP contribution in [0.2, 0.25) is 0 Å². The van der Waals surface area contributed by atoms with Crippen molar-refractivity contribution in [2.45, 2.75) is 18.7 Å². The van der Waals surface area contributed by atoms with Crippen LogP contribution in [0.5, 0.6) is 0 Å². The van der Waals surface area contributed by atoms with Gasteiger partial charge in [-0.2, -0.15) is 4.31 Å². The molecule has 0 aromatic heterocycles. The second-order valence-corrected chi connectivity index (χ2v) is 6.59. The fraction of sp³-hybridized carbons (Fsp3) is 0.500. The quantitative estimate of drug-likeness (QED) is 0.627. The summed E-state index contributed by atoms with van der Waals surface area (Å²) in [5, 5.41) is 13.7. The molecule has 0 heterocycles. The van der Waals surface area contributed by atoms with Crippen molar-refractivity contribution in [2.24, 2.45) is 0 Å². The molecule has 1 N–H and O–H groups in total. The van der Waals surface area contributed by atoms with Crippen LogP contribution in [0.4, 0.5) is 5.69 Å². The van der Waals surface area contributed by atoms with Crippen molar-refractivity contribution in [3.8, 4) is 0 Å². The summed E-state index contributed by atoms with van der Waals surface area (Å²) in [5.41, 5.74) is 0.903. The smallest absolute Gasteiger partial charge is 0.271 e. The zero-order chi connectivity index (χ0) is 15.5. The van der Waals surface area contributed by atoms with Crippen LogP contribution >= 0.6 is 12.4 Å². The molecule has 7 nitrogen and oxygen atoms in total. The first-order valence-corrected chi connectivity index (χ1v) is 7.52. The van der Waals surface area contributed by atoms with Gasteiger partial charge < -0.3 is 5.32 Å². The number of nitrogens with one attached hydrogen (secondary N) is 1. The lowest BCUT2D eigenvalue weighted by atomic mass is 10.1. The van der Waals surface area contributed by atoms with Gasteiger partial charge in [0, 0.05) is 32.3 Å². The van der Waals surface area contributed by atoms with Gasteiger partial charge in [-0.05, 0) is 32.0 Å². The highest BCUT2D eigenvalue weighted by Crippen LogP contribution is 2.27. The van der Waals surface area contributed by atoms with Crippen LogP contribution in [0.15, 0.2) is 17.0 Å². The molecule has 1 aromatic carbocycles. The largest absolute Gasteiger partial charge is 0.318 e. The Morgan fingerprint density at radius 3 is 2.38 bits per heavy atom. The van der Waals surface area contributed by atoms with Crippen molar-refractivity contribution in [3.05, 3.63) is 33.4 Å². The van der Waals surface area contributed by atoms with Gasteiger partial charge in [-0.25, -0.2) is 8.42 Å². The van der Waals surface area contributed by atoms with Crippen LogP contribution in [0, 0.1) is 24.0 Å². The molecular formula is C12H20ClN3O4S. The van der Waals surface area contributed by atoms with E-state index in [4.69, 9.17) is 0 Å². The van der Waals surface area contributed by atoms with Gasteiger partial charge in [-0.1, -0.05) is 0 Å². The van der Waals surface area contributed by atoms with E-state index in [0.29, 0.717) is 24.2 Å². The van der Waals surface area contributed by atoms with Gasteiger partial charge in [0.1, 0.15) is 0 Å². The SMILES string of the molecule is CNCCN(C)S(=O)(=O)c1cc([N+](=O)[O-])cc(C)c1C.Cl. The average Bonchev–Trinajstić information content (AvgIpc) is 2.38. The van der Waals surface area contributed by atoms with E-state index in [1.54, 1.807) is 20.9 Å². The number of nitro groups is 1. The molecule has 0 fully saturated rings. The van der Waals surface area contributed by atoms with Crippen molar-refractivity contribution in [1.29, 1.82) is 0 Å². The Hall–Kier alpha value is -1.22. The highest BCUT2D eigenvalue weighted by Gasteiger charge is 2.26.